The third kappa shape index (κ3) is 6.43. The molecule has 7 rings (SSSR count). The summed E-state index contributed by atoms with van der Waals surface area (Å²) in [6, 6.07) is 16.8. The lowest BCUT2D eigenvalue weighted by Gasteiger charge is -2.58. The largest absolute Gasteiger partial charge is 0.455 e. The summed E-state index contributed by atoms with van der Waals surface area (Å²) in [7, 11) is 0. The van der Waals surface area contributed by atoms with Crippen LogP contribution in [-0.2, 0) is 19.9 Å². The molecule has 274 valence electrons. The van der Waals surface area contributed by atoms with Crippen molar-refractivity contribution in [2.24, 2.45) is 51.3 Å². The van der Waals surface area contributed by atoms with Gasteiger partial charge in [0.1, 0.15) is 6.10 Å². The predicted molar refractivity (Wildman–Crippen MR) is 204 cm³/mol. The quantitative estimate of drug-likeness (QED) is 0.174. The predicted octanol–water partition coefficient (Wildman–Crippen LogP) is 11.3. The van der Waals surface area contributed by atoms with E-state index >= 15 is 0 Å². The lowest BCUT2D eigenvalue weighted by molar-refractivity contribution is -0.132. The van der Waals surface area contributed by atoms with Gasteiger partial charge in [-0.3, -0.25) is 4.79 Å². The Hall–Kier alpha value is -3.21. The average Bonchev–Trinajstić information content (AvgIpc) is 3.65. The Morgan fingerprint density at radius 1 is 0.941 bits per heavy atom. The topological polar surface area (TPSA) is 65.0 Å². The van der Waals surface area contributed by atoms with Gasteiger partial charge < -0.3 is 9.47 Å². The minimum atomic E-state index is -1.18. The summed E-state index contributed by atoms with van der Waals surface area (Å²) < 4.78 is 12.8. The lowest BCUT2D eigenvalue weighted by atomic mass is 9.46. The number of ether oxygens (including phenoxy) is 2. The summed E-state index contributed by atoms with van der Waals surface area (Å²) in [5.41, 5.74) is 2.78. The van der Waals surface area contributed by atoms with E-state index in [1.165, 1.54) is 56.9 Å². The van der Waals surface area contributed by atoms with Crippen LogP contribution >= 0.6 is 0 Å². The van der Waals surface area contributed by atoms with Gasteiger partial charge >= 0.3 is 5.97 Å². The van der Waals surface area contributed by atoms with Crippen LogP contribution in [0.3, 0.4) is 0 Å². The lowest BCUT2D eigenvalue weighted by Crippen LogP contribution is -2.52. The standard InChI is InChI=1S/C46H61NO4/c1-7-27-46(43(49)47-41(51-46)32-15-9-8-10-16-32)34-20-18-33(19-21-34)42(48)50-40-17-12-28-44(5)38-26-29-45(6)36(31(4)14-11-13-30(2)3)24-25-37(45)35(38)22-23-39(40)44/h8-10,15-16,18-21,23,30-31,35-38,40H,7,11-14,17,22,24-29H2,1-6H3/t31-,35+,36-,37+,38+,40+,44-,45-,46+/m0/s1. The van der Waals surface area contributed by atoms with Crippen LogP contribution in [0, 0.1) is 46.3 Å². The van der Waals surface area contributed by atoms with Crippen LogP contribution in [0.2, 0.25) is 0 Å². The average molecular weight is 692 g/mol. The Labute approximate surface area is 307 Å². The smallest absolute Gasteiger partial charge is 0.338 e. The Balaban J connectivity index is 1.04. The highest BCUT2D eigenvalue weighted by molar-refractivity contribution is 6.09. The molecular formula is C46H61NO4. The molecule has 5 aliphatic rings. The van der Waals surface area contributed by atoms with Crippen molar-refractivity contribution in [3.63, 3.8) is 0 Å². The molecule has 2 aromatic rings. The summed E-state index contributed by atoms with van der Waals surface area (Å²) in [6.07, 6.45) is 17.5. The normalized spacial score (nSPS) is 34.9. The second-order valence-electron chi connectivity index (χ2n) is 17.9. The van der Waals surface area contributed by atoms with Crippen molar-refractivity contribution in [1.82, 2.24) is 0 Å². The number of fused-ring (bicyclic) bond motifs is 5. The summed E-state index contributed by atoms with van der Waals surface area (Å²) in [5, 5.41) is 0. The van der Waals surface area contributed by atoms with E-state index in [2.05, 4.69) is 45.7 Å². The van der Waals surface area contributed by atoms with Crippen molar-refractivity contribution >= 4 is 17.8 Å². The van der Waals surface area contributed by atoms with Crippen molar-refractivity contribution < 1.29 is 19.1 Å². The molecule has 9 atom stereocenters. The SMILES string of the molecule is CCC[C@]1(c2ccc(C(=O)O[C@@H]3CCC[C@]4(C)C3=CC[C@@H]3[C@H]5CC[C@@H]([C@@H](C)CCCC(C)C)[C@]5(C)CC[C@H]34)cc2)OC(c2ccccc2)=NC1=O. The van der Waals surface area contributed by atoms with E-state index in [9.17, 15) is 9.59 Å². The van der Waals surface area contributed by atoms with Gasteiger partial charge in [-0.05, 0) is 128 Å². The number of hydrogen-bond acceptors (Lipinski definition) is 4. The van der Waals surface area contributed by atoms with E-state index in [1.807, 2.05) is 49.4 Å². The van der Waals surface area contributed by atoms with Crippen molar-refractivity contribution in [2.75, 3.05) is 0 Å². The molecule has 0 N–H and O–H groups in total. The molecule has 0 aromatic heterocycles. The maximum Gasteiger partial charge on any atom is 0.338 e. The zero-order chi connectivity index (χ0) is 36.0. The number of nitrogens with zero attached hydrogens (tertiary/aromatic N) is 1. The number of esters is 1. The molecular weight excluding hydrogens is 631 g/mol. The highest BCUT2D eigenvalue weighted by atomic mass is 16.5. The summed E-state index contributed by atoms with van der Waals surface area (Å²) >= 11 is 0. The zero-order valence-electron chi connectivity index (χ0n) is 32.1. The first-order chi connectivity index (χ1) is 24.5. The molecule has 0 radical (unpaired) electrons. The summed E-state index contributed by atoms with van der Waals surface area (Å²) in [5.74, 6) is 4.47. The minimum absolute atomic E-state index is 0.0986. The van der Waals surface area contributed by atoms with Gasteiger partial charge in [-0.25, -0.2) is 4.79 Å². The fourth-order valence-electron chi connectivity index (χ4n) is 11.9. The Kier molecular flexibility index (Phi) is 10.1. The number of aliphatic imine (C=N–C) groups is 1. The molecule has 51 heavy (non-hydrogen) atoms. The number of hydrogen-bond donors (Lipinski definition) is 0. The third-order valence-electron chi connectivity index (χ3n) is 14.5. The second kappa shape index (κ2) is 14.3. The van der Waals surface area contributed by atoms with Gasteiger partial charge in [0.15, 0.2) is 0 Å². The molecule has 1 aliphatic heterocycles. The van der Waals surface area contributed by atoms with E-state index < -0.39 is 5.60 Å². The van der Waals surface area contributed by atoms with Crippen molar-refractivity contribution in [2.45, 2.75) is 137 Å². The Morgan fingerprint density at radius 3 is 2.43 bits per heavy atom. The van der Waals surface area contributed by atoms with Crippen molar-refractivity contribution in [3.8, 4) is 0 Å². The monoisotopic (exact) mass is 691 g/mol. The molecule has 0 bridgehead atoms. The summed E-state index contributed by atoms with van der Waals surface area (Å²) in [4.78, 5) is 31.5. The van der Waals surface area contributed by atoms with Crippen molar-refractivity contribution in [1.29, 1.82) is 0 Å². The molecule has 0 unspecified atom stereocenters. The Bertz CT molecular complexity index is 1640. The van der Waals surface area contributed by atoms with Gasteiger partial charge in [0.05, 0.1) is 5.56 Å². The first-order valence-corrected chi connectivity index (χ1v) is 20.4. The number of benzene rings is 2. The second-order valence-corrected chi connectivity index (χ2v) is 17.9. The van der Waals surface area contributed by atoms with E-state index in [0.717, 1.165) is 66.4 Å². The van der Waals surface area contributed by atoms with Crippen LogP contribution < -0.4 is 0 Å². The van der Waals surface area contributed by atoms with Crippen molar-refractivity contribution in [3.05, 3.63) is 82.9 Å². The van der Waals surface area contributed by atoms with E-state index in [-0.39, 0.29) is 23.4 Å². The Morgan fingerprint density at radius 2 is 1.71 bits per heavy atom. The molecule has 1 heterocycles. The number of carbonyl (C=O) groups is 2. The van der Waals surface area contributed by atoms with Crippen LogP contribution in [-0.4, -0.2) is 23.9 Å². The molecule has 2 aromatic carbocycles. The maximum atomic E-state index is 13.7. The summed E-state index contributed by atoms with van der Waals surface area (Å²) in [6.45, 7) is 14.5. The number of rotatable bonds is 11. The van der Waals surface area contributed by atoms with Gasteiger partial charge in [0.2, 0.25) is 11.5 Å². The molecule has 0 spiro atoms. The molecule has 0 saturated heterocycles. The van der Waals surface area contributed by atoms with E-state index in [1.54, 1.807) is 12.1 Å². The fraction of sp³-hybridized carbons (Fsp3) is 0.630. The maximum absolute atomic E-state index is 13.7. The zero-order valence-corrected chi connectivity index (χ0v) is 32.1. The van der Waals surface area contributed by atoms with Gasteiger partial charge in [0.25, 0.3) is 5.91 Å². The number of amides is 1. The van der Waals surface area contributed by atoms with Gasteiger partial charge in [-0.2, -0.15) is 4.99 Å². The van der Waals surface area contributed by atoms with Crippen LogP contribution in [0.1, 0.15) is 146 Å². The highest BCUT2D eigenvalue weighted by Crippen LogP contribution is 2.67. The number of carbonyl (C=O) groups excluding carboxylic acids is 2. The molecule has 1 amide bonds. The van der Waals surface area contributed by atoms with Crippen LogP contribution in [0.5, 0.6) is 0 Å². The van der Waals surface area contributed by atoms with Gasteiger partial charge in [0, 0.05) is 17.5 Å². The minimum Gasteiger partial charge on any atom is -0.455 e. The van der Waals surface area contributed by atoms with Crippen LogP contribution in [0.25, 0.3) is 0 Å². The fourth-order valence-corrected chi connectivity index (χ4v) is 11.9. The first-order valence-electron chi connectivity index (χ1n) is 20.4. The van der Waals surface area contributed by atoms with Crippen LogP contribution in [0.4, 0.5) is 0 Å². The van der Waals surface area contributed by atoms with Gasteiger partial charge in [-0.1, -0.05) is 104 Å². The number of allylic oxidation sites excluding steroid dienone is 1. The molecule has 3 saturated carbocycles. The van der Waals surface area contributed by atoms with E-state index in [0.29, 0.717) is 29.2 Å². The highest BCUT2D eigenvalue weighted by Gasteiger charge is 2.60. The van der Waals surface area contributed by atoms with Gasteiger partial charge in [-0.15, -0.1) is 0 Å². The first kappa shape index (κ1) is 36.2. The molecule has 3 fully saturated rings. The molecule has 5 nitrogen and oxygen atoms in total. The van der Waals surface area contributed by atoms with E-state index in [4.69, 9.17) is 9.47 Å². The van der Waals surface area contributed by atoms with Crippen LogP contribution in [0.15, 0.2) is 71.2 Å². The third-order valence-corrected chi connectivity index (χ3v) is 14.5. The molecule has 4 aliphatic carbocycles. The molecule has 5 heteroatoms.